The first-order valence-electron chi connectivity index (χ1n) is 7.40. The molecule has 1 heterocycles. The molecule has 1 aliphatic heterocycles. The van der Waals surface area contributed by atoms with Crippen LogP contribution in [0.15, 0.2) is 28.7 Å². The average molecular weight is 325 g/mol. The second-order valence-electron chi connectivity index (χ2n) is 5.55. The Labute approximate surface area is 125 Å². The lowest BCUT2D eigenvalue weighted by Crippen LogP contribution is -2.37. The molecule has 0 aromatic heterocycles. The van der Waals surface area contributed by atoms with Crippen LogP contribution < -0.4 is 0 Å². The summed E-state index contributed by atoms with van der Waals surface area (Å²) in [5.41, 5.74) is 1.41. The molecule has 1 aromatic rings. The van der Waals surface area contributed by atoms with E-state index in [2.05, 4.69) is 57.0 Å². The highest BCUT2D eigenvalue weighted by atomic mass is 79.9. The summed E-state index contributed by atoms with van der Waals surface area (Å²) in [7, 11) is 2.24. The van der Waals surface area contributed by atoms with Crippen molar-refractivity contribution in [1.29, 1.82) is 0 Å². The Morgan fingerprint density at radius 1 is 1.11 bits per heavy atom. The van der Waals surface area contributed by atoms with Crippen molar-refractivity contribution in [3.63, 3.8) is 0 Å². The molecule has 1 saturated heterocycles. The third-order valence-corrected chi connectivity index (χ3v) is 4.74. The van der Waals surface area contributed by atoms with Crippen LogP contribution in [0.1, 0.15) is 24.8 Å². The zero-order valence-corrected chi connectivity index (χ0v) is 13.5. The maximum Gasteiger partial charge on any atom is 0.0207 e. The minimum atomic E-state index is 1.12. The van der Waals surface area contributed by atoms with Crippen LogP contribution in [-0.4, -0.2) is 49.6 Å². The normalized spacial score (nSPS) is 17.0. The van der Waals surface area contributed by atoms with Gasteiger partial charge < -0.3 is 9.80 Å². The van der Waals surface area contributed by atoms with Gasteiger partial charge >= 0.3 is 0 Å². The summed E-state index contributed by atoms with van der Waals surface area (Å²) >= 11 is 3.62. The van der Waals surface area contributed by atoms with Gasteiger partial charge in [0.25, 0.3) is 0 Å². The molecular weight excluding hydrogens is 300 g/mol. The summed E-state index contributed by atoms with van der Waals surface area (Å²) in [5, 5.41) is 0. The molecule has 2 nitrogen and oxygen atoms in total. The smallest absolute Gasteiger partial charge is 0.0207 e. The predicted octanol–water partition coefficient (Wildman–Crippen LogP) is 3.41. The first-order valence-corrected chi connectivity index (χ1v) is 8.19. The molecule has 0 bridgehead atoms. The molecule has 0 unspecified atom stereocenters. The molecule has 1 aromatic carbocycles. The summed E-state index contributed by atoms with van der Waals surface area (Å²) < 4.78 is 1.24. The summed E-state index contributed by atoms with van der Waals surface area (Å²) in [6, 6.07) is 8.53. The lowest BCUT2D eigenvalue weighted by Gasteiger charge is -2.28. The molecule has 2 rings (SSSR count). The van der Waals surface area contributed by atoms with Crippen LogP contribution in [0.3, 0.4) is 0 Å². The van der Waals surface area contributed by atoms with Crippen LogP contribution in [0.2, 0.25) is 0 Å². The van der Waals surface area contributed by atoms with E-state index in [1.165, 1.54) is 55.5 Å². The van der Waals surface area contributed by atoms with E-state index in [0.29, 0.717) is 0 Å². The van der Waals surface area contributed by atoms with Gasteiger partial charge in [0.15, 0.2) is 0 Å². The van der Waals surface area contributed by atoms with Gasteiger partial charge in [0.1, 0.15) is 0 Å². The molecule has 0 radical (unpaired) electrons. The van der Waals surface area contributed by atoms with Crippen molar-refractivity contribution in [3.05, 3.63) is 34.3 Å². The number of hydrogen-bond donors (Lipinski definition) is 0. The van der Waals surface area contributed by atoms with E-state index in [9.17, 15) is 0 Å². The molecule has 1 fully saturated rings. The van der Waals surface area contributed by atoms with Gasteiger partial charge in [-0.1, -0.05) is 40.5 Å². The fourth-order valence-corrected chi connectivity index (χ4v) is 3.10. The molecule has 0 saturated carbocycles. The lowest BCUT2D eigenvalue weighted by atomic mass is 10.1. The fourth-order valence-electron chi connectivity index (χ4n) is 2.62. The Hall–Kier alpha value is -0.380. The van der Waals surface area contributed by atoms with Crippen LogP contribution in [-0.2, 0) is 6.42 Å². The first-order chi connectivity index (χ1) is 9.25. The zero-order valence-electron chi connectivity index (χ0n) is 11.9. The van der Waals surface area contributed by atoms with Gasteiger partial charge in [-0.3, -0.25) is 0 Å². The summed E-state index contributed by atoms with van der Waals surface area (Å²) in [6.45, 7) is 6.16. The van der Waals surface area contributed by atoms with Crippen molar-refractivity contribution in [2.45, 2.75) is 25.7 Å². The highest BCUT2D eigenvalue weighted by Gasteiger charge is 2.10. The molecule has 1 aliphatic rings. The van der Waals surface area contributed by atoms with E-state index in [4.69, 9.17) is 0 Å². The van der Waals surface area contributed by atoms with Crippen molar-refractivity contribution >= 4 is 15.9 Å². The van der Waals surface area contributed by atoms with Gasteiger partial charge in [0.2, 0.25) is 0 Å². The second kappa shape index (κ2) is 8.03. The molecule has 0 spiro atoms. The minimum absolute atomic E-state index is 1.12. The zero-order chi connectivity index (χ0) is 13.5. The summed E-state index contributed by atoms with van der Waals surface area (Å²) in [6.07, 6.45) is 5.33. The minimum Gasteiger partial charge on any atom is -0.305 e. The highest BCUT2D eigenvalue weighted by molar-refractivity contribution is 9.10. The third-order valence-electron chi connectivity index (χ3n) is 3.97. The Kier molecular flexibility index (Phi) is 6.35. The monoisotopic (exact) mass is 324 g/mol. The number of benzene rings is 1. The van der Waals surface area contributed by atoms with Crippen LogP contribution in [0.4, 0.5) is 0 Å². The number of likely N-dealkylation sites (N-methyl/N-ethyl adjacent to an activating group) is 1. The van der Waals surface area contributed by atoms with Crippen LogP contribution in [0.25, 0.3) is 0 Å². The highest BCUT2D eigenvalue weighted by Crippen LogP contribution is 2.16. The Morgan fingerprint density at radius 2 is 1.84 bits per heavy atom. The molecular formula is C16H25BrN2. The quantitative estimate of drug-likeness (QED) is 0.791. The van der Waals surface area contributed by atoms with Crippen LogP contribution in [0.5, 0.6) is 0 Å². The van der Waals surface area contributed by atoms with Gasteiger partial charge in [0, 0.05) is 24.1 Å². The van der Waals surface area contributed by atoms with E-state index in [-0.39, 0.29) is 0 Å². The standard InChI is InChI=1S/C16H25BrN2/c1-18(13-14-19-10-5-2-6-11-19)12-9-15-7-3-4-8-16(15)17/h3-4,7-8H,2,5-6,9-14H2,1H3. The lowest BCUT2D eigenvalue weighted by molar-refractivity contribution is 0.197. The largest absolute Gasteiger partial charge is 0.305 e. The van der Waals surface area contributed by atoms with E-state index in [0.717, 1.165) is 13.0 Å². The van der Waals surface area contributed by atoms with Gasteiger partial charge in [-0.15, -0.1) is 0 Å². The Morgan fingerprint density at radius 3 is 2.58 bits per heavy atom. The molecule has 0 aliphatic carbocycles. The van der Waals surface area contributed by atoms with Gasteiger partial charge in [-0.2, -0.15) is 0 Å². The van der Waals surface area contributed by atoms with Crippen molar-refractivity contribution in [2.75, 3.05) is 39.8 Å². The number of rotatable bonds is 6. The molecule has 3 heteroatoms. The summed E-state index contributed by atoms with van der Waals surface area (Å²) in [5.74, 6) is 0. The van der Waals surface area contributed by atoms with Crippen molar-refractivity contribution < 1.29 is 0 Å². The van der Waals surface area contributed by atoms with Gasteiger partial charge in [-0.05, 0) is 51.0 Å². The fraction of sp³-hybridized carbons (Fsp3) is 0.625. The molecule has 19 heavy (non-hydrogen) atoms. The molecule has 106 valence electrons. The molecule has 0 N–H and O–H groups in total. The van der Waals surface area contributed by atoms with E-state index < -0.39 is 0 Å². The second-order valence-corrected chi connectivity index (χ2v) is 6.40. The van der Waals surface area contributed by atoms with Crippen molar-refractivity contribution in [2.24, 2.45) is 0 Å². The van der Waals surface area contributed by atoms with Crippen molar-refractivity contribution in [1.82, 2.24) is 9.80 Å². The maximum atomic E-state index is 3.62. The SMILES string of the molecule is CN(CCc1ccccc1Br)CCN1CCCCC1. The Bertz CT molecular complexity index is 375. The van der Waals surface area contributed by atoms with Gasteiger partial charge in [-0.25, -0.2) is 0 Å². The van der Waals surface area contributed by atoms with Crippen molar-refractivity contribution in [3.8, 4) is 0 Å². The van der Waals surface area contributed by atoms with E-state index in [1.54, 1.807) is 0 Å². The van der Waals surface area contributed by atoms with Crippen LogP contribution in [0, 0.1) is 0 Å². The van der Waals surface area contributed by atoms with E-state index in [1.807, 2.05) is 0 Å². The number of likely N-dealkylation sites (tertiary alicyclic amines) is 1. The third kappa shape index (κ3) is 5.25. The van der Waals surface area contributed by atoms with Crippen LogP contribution >= 0.6 is 15.9 Å². The predicted molar refractivity (Wildman–Crippen MR) is 85.6 cm³/mol. The summed E-state index contributed by atoms with van der Waals surface area (Å²) in [4.78, 5) is 5.06. The van der Waals surface area contributed by atoms with E-state index >= 15 is 0 Å². The Balaban J connectivity index is 1.66. The topological polar surface area (TPSA) is 6.48 Å². The number of piperidine rings is 1. The number of hydrogen-bond acceptors (Lipinski definition) is 2. The first kappa shape index (κ1) is 15.0. The number of nitrogens with zero attached hydrogens (tertiary/aromatic N) is 2. The average Bonchev–Trinajstić information content (AvgIpc) is 2.45. The number of halogens is 1. The maximum absolute atomic E-state index is 3.62. The molecule has 0 amide bonds. The molecule has 0 atom stereocenters. The van der Waals surface area contributed by atoms with Gasteiger partial charge in [0.05, 0.1) is 0 Å².